The zero-order valence-electron chi connectivity index (χ0n) is 16.8. The number of carbonyl (C=O) groups is 4. The second kappa shape index (κ2) is 7.28. The second-order valence-electron chi connectivity index (χ2n) is 8.80. The van der Waals surface area contributed by atoms with Gasteiger partial charge < -0.3 is 10.6 Å². The van der Waals surface area contributed by atoms with Crippen molar-refractivity contribution < 1.29 is 19.2 Å². The molecule has 3 fully saturated rings. The Morgan fingerprint density at radius 2 is 1.90 bits per heavy atom. The third-order valence-electron chi connectivity index (χ3n) is 7.16. The minimum absolute atomic E-state index is 0.0376. The van der Waals surface area contributed by atoms with Crippen LogP contribution in [0.15, 0.2) is 18.2 Å². The number of imide groups is 2. The number of rotatable bonds is 4. The lowest BCUT2D eigenvalue weighted by atomic mass is 9.84. The van der Waals surface area contributed by atoms with Gasteiger partial charge in [-0.3, -0.25) is 29.4 Å². The first kappa shape index (κ1) is 19.4. The quantitative estimate of drug-likeness (QED) is 0.636. The van der Waals surface area contributed by atoms with Crippen LogP contribution in [0.1, 0.15) is 71.2 Å². The Hall–Kier alpha value is -2.58. The topological polar surface area (TPSA) is 108 Å². The van der Waals surface area contributed by atoms with Crippen molar-refractivity contribution >= 4 is 23.6 Å². The summed E-state index contributed by atoms with van der Waals surface area (Å²) in [6, 6.07) is 4.82. The van der Waals surface area contributed by atoms with Crippen LogP contribution in [0, 0.1) is 0 Å². The lowest BCUT2D eigenvalue weighted by molar-refractivity contribution is -0.136. The molecule has 4 amide bonds. The summed E-state index contributed by atoms with van der Waals surface area (Å²) < 4.78 is 0. The van der Waals surface area contributed by atoms with Gasteiger partial charge in [-0.2, -0.15) is 0 Å². The lowest BCUT2D eigenvalue weighted by Crippen LogP contribution is -2.59. The SMILES string of the molecule is O=C1CCC(N2C(=O)c3cccc(CNC45CCCNC4CCC5)c3C2=O)C(=O)N1. The van der Waals surface area contributed by atoms with Gasteiger partial charge in [0.2, 0.25) is 11.8 Å². The molecule has 8 heteroatoms. The van der Waals surface area contributed by atoms with Gasteiger partial charge in [0.25, 0.3) is 11.8 Å². The number of amides is 4. The largest absolute Gasteiger partial charge is 0.312 e. The van der Waals surface area contributed by atoms with Crippen LogP contribution in [0.5, 0.6) is 0 Å². The standard InChI is InChI=1S/C22H26N4O4/c27-17-8-7-15(19(28)25-17)26-20(29)14-5-1-4-13(18(14)21(26)30)12-24-22-9-2-6-16(22)23-11-3-10-22/h1,4-5,15-16,23-24H,2-3,6-12H2,(H,25,27,28). The second-order valence-corrected chi connectivity index (χ2v) is 8.80. The van der Waals surface area contributed by atoms with Gasteiger partial charge in [-0.1, -0.05) is 12.1 Å². The van der Waals surface area contributed by atoms with Crippen molar-refractivity contribution in [2.24, 2.45) is 0 Å². The molecular weight excluding hydrogens is 384 g/mol. The molecule has 158 valence electrons. The van der Waals surface area contributed by atoms with Crippen LogP contribution in [0.25, 0.3) is 0 Å². The Morgan fingerprint density at radius 3 is 2.73 bits per heavy atom. The van der Waals surface area contributed by atoms with E-state index in [1.54, 1.807) is 12.1 Å². The van der Waals surface area contributed by atoms with Crippen LogP contribution in [0.3, 0.4) is 0 Å². The third-order valence-corrected chi connectivity index (χ3v) is 7.16. The van der Waals surface area contributed by atoms with Gasteiger partial charge >= 0.3 is 0 Å². The van der Waals surface area contributed by atoms with Crippen LogP contribution in [0.2, 0.25) is 0 Å². The maximum Gasteiger partial charge on any atom is 0.262 e. The van der Waals surface area contributed by atoms with E-state index in [0.717, 1.165) is 42.7 Å². The Balaban J connectivity index is 1.40. The molecule has 0 aromatic heterocycles. The molecule has 2 saturated heterocycles. The van der Waals surface area contributed by atoms with E-state index in [2.05, 4.69) is 16.0 Å². The van der Waals surface area contributed by atoms with E-state index in [-0.39, 0.29) is 24.3 Å². The first-order valence-corrected chi connectivity index (χ1v) is 10.8. The van der Waals surface area contributed by atoms with Gasteiger partial charge in [0.15, 0.2) is 0 Å². The van der Waals surface area contributed by atoms with Crippen LogP contribution in [-0.4, -0.2) is 52.7 Å². The summed E-state index contributed by atoms with van der Waals surface area (Å²) in [7, 11) is 0. The molecule has 0 bridgehead atoms. The molecule has 1 aliphatic carbocycles. The number of piperidine rings is 2. The van der Waals surface area contributed by atoms with E-state index in [1.807, 2.05) is 6.07 Å². The molecule has 3 atom stereocenters. The highest BCUT2D eigenvalue weighted by Gasteiger charge is 2.47. The Bertz CT molecular complexity index is 945. The van der Waals surface area contributed by atoms with Crippen molar-refractivity contribution in [2.45, 2.75) is 69.1 Å². The van der Waals surface area contributed by atoms with Crippen LogP contribution in [-0.2, 0) is 16.1 Å². The first-order chi connectivity index (χ1) is 14.5. The van der Waals surface area contributed by atoms with E-state index in [1.165, 1.54) is 6.42 Å². The van der Waals surface area contributed by atoms with E-state index in [0.29, 0.717) is 23.7 Å². The van der Waals surface area contributed by atoms with E-state index >= 15 is 0 Å². The van der Waals surface area contributed by atoms with Gasteiger partial charge in [-0.25, -0.2) is 0 Å². The van der Waals surface area contributed by atoms with Gasteiger partial charge in [0.1, 0.15) is 6.04 Å². The molecule has 4 aliphatic rings. The van der Waals surface area contributed by atoms with Crippen molar-refractivity contribution in [1.82, 2.24) is 20.9 Å². The summed E-state index contributed by atoms with van der Waals surface area (Å²) in [6.45, 7) is 1.55. The van der Waals surface area contributed by atoms with Crippen LogP contribution in [0.4, 0.5) is 0 Å². The Labute approximate surface area is 174 Å². The number of nitrogens with zero attached hydrogens (tertiary/aromatic N) is 1. The van der Waals surface area contributed by atoms with Crippen molar-refractivity contribution in [3.8, 4) is 0 Å². The molecule has 1 saturated carbocycles. The minimum Gasteiger partial charge on any atom is -0.312 e. The summed E-state index contributed by atoms with van der Waals surface area (Å²) in [6.07, 6.45) is 5.95. The van der Waals surface area contributed by atoms with Gasteiger partial charge in [-0.05, 0) is 56.7 Å². The predicted octanol–water partition coefficient (Wildman–Crippen LogP) is 0.852. The summed E-state index contributed by atoms with van der Waals surface area (Å²) in [5.41, 5.74) is 1.54. The number of fused-ring (bicyclic) bond motifs is 2. The number of hydrogen-bond acceptors (Lipinski definition) is 6. The highest BCUT2D eigenvalue weighted by molar-refractivity contribution is 6.24. The fraction of sp³-hybridized carbons (Fsp3) is 0.545. The molecule has 0 radical (unpaired) electrons. The number of hydrogen-bond donors (Lipinski definition) is 3. The summed E-state index contributed by atoms with van der Waals surface area (Å²) in [5, 5.41) is 9.58. The third kappa shape index (κ3) is 2.97. The highest BCUT2D eigenvalue weighted by Crippen LogP contribution is 2.37. The average molecular weight is 410 g/mol. The van der Waals surface area contributed by atoms with Crippen molar-refractivity contribution in [1.29, 1.82) is 0 Å². The summed E-state index contributed by atoms with van der Waals surface area (Å²) >= 11 is 0. The molecule has 3 N–H and O–H groups in total. The molecule has 3 aliphatic heterocycles. The fourth-order valence-corrected chi connectivity index (χ4v) is 5.65. The number of nitrogens with one attached hydrogen (secondary N) is 3. The molecule has 8 nitrogen and oxygen atoms in total. The lowest BCUT2D eigenvalue weighted by Gasteiger charge is -2.41. The fourth-order valence-electron chi connectivity index (χ4n) is 5.65. The smallest absolute Gasteiger partial charge is 0.262 e. The van der Waals surface area contributed by atoms with Gasteiger partial charge in [0.05, 0.1) is 11.1 Å². The Kier molecular flexibility index (Phi) is 4.71. The molecule has 1 aromatic rings. The zero-order chi connectivity index (χ0) is 20.9. The molecule has 3 unspecified atom stereocenters. The van der Waals surface area contributed by atoms with E-state index in [4.69, 9.17) is 0 Å². The van der Waals surface area contributed by atoms with E-state index < -0.39 is 23.8 Å². The summed E-state index contributed by atoms with van der Waals surface area (Å²) in [4.78, 5) is 51.0. The van der Waals surface area contributed by atoms with Crippen molar-refractivity contribution in [3.63, 3.8) is 0 Å². The first-order valence-electron chi connectivity index (χ1n) is 10.8. The molecule has 1 aromatic carbocycles. The maximum atomic E-state index is 13.2. The number of benzene rings is 1. The highest BCUT2D eigenvalue weighted by atomic mass is 16.2. The molecule has 3 heterocycles. The van der Waals surface area contributed by atoms with Crippen LogP contribution >= 0.6 is 0 Å². The predicted molar refractivity (Wildman–Crippen MR) is 108 cm³/mol. The minimum atomic E-state index is -0.934. The number of carbonyl (C=O) groups excluding carboxylic acids is 4. The van der Waals surface area contributed by atoms with E-state index in [9.17, 15) is 19.2 Å². The van der Waals surface area contributed by atoms with Crippen molar-refractivity contribution in [3.05, 3.63) is 34.9 Å². The van der Waals surface area contributed by atoms with Gasteiger partial charge in [0, 0.05) is 24.5 Å². The van der Waals surface area contributed by atoms with Crippen LogP contribution < -0.4 is 16.0 Å². The molecular formula is C22H26N4O4. The molecule has 5 rings (SSSR count). The summed E-state index contributed by atoms with van der Waals surface area (Å²) in [5.74, 6) is -1.85. The molecule has 0 spiro atoms. The maximum absolute atomic E-state index is 13.2. The molecule has 30 heavy (non-hydrogen) atoms. The Morgan fingerprint density at radius 1 is 1.07 bits per heavy atom. The van der Waals surface area contributed by atoms with Crippen molar-refractivity contribution in [2.75, 3.05) is 6.54 Å². The van der Waals surface area contributed by atoms with Gasteiger partial charge in [-0.15, -0.1) is 0 Å². The monoisotopic (exact) mass is 410 g/mol. The average Bonchev–Trinajstić information content (AvgIpc) is 3.27. The zero-order valence-corrected chi connectivity index (χ0v) is 16.8. The normalized spacial score (nSPS) is 31.0.